The molecule has 1 aromatic carbocycles. The van der Waals surface area contributed by atoms with E-state index in [2.05, 4.69) is 11.4 Å². The number of benzene rings is 1. The van der Waals surface area contributed by atoms with Crippen LogP contribution in [0.1, 0.15) is 43.6 Å². The minimum absolute atomic E-state index is 0.0644. The zero-order valence-corrected chi connectivity index (χ0v) is 16.6. The van der Waals surface area contributed by atoms with Crippen LogP contribution in [0.15, 0.2) is 34.9 Å². The third kappa shape index (κ3) is 5.06. The predicted molar refractivity (Wildman–Crippen MR) is 107 cm³/mol. The summed E-state index contributed by atoms with van der Waals surface area (Å²) in [5.74, 6) is -0.154. The van der Waals surface area contributed by atoms with Crippen molar-refractivity contribution in [3.63, 3.8) is 0 Å². The molecule has 3 rings (SSSR count). The summed E-state index contributed by atoms with van der Waals surface area (Å²) in [5, 5.41) is 13.6. The smallest absolute Gasteiger partial charge is 0.232 e. The monoisotopic (exact) mass is 403 g/mol. The van der Waals surface area contributed by atoms with Gasteiger partial charge in [0, 0.05) is 30.5 Å². The third-order valence-electron chi connectivity index (χ3n) is 4.93. The Labute approximate surface area is 168 Å². The molecule has 0 aliphatic carbocycles. The second kappa shape index (κ2) is 9.29. The van der Waals surface area contributed by atoms with Gasteiger partial charge in [-0.2, -0.15) is 5.26 Å². The number of hydrogen-bond donors (Lipinski definition) is 1. The fourth-order valence-electron chi connectivity index (χ4n) is 3.46. The van der Waals surface area contributed by atoms with Crippen molar-refractivity contribution in [3.05, 3.63) is 45.5 Å². The average molecular weight is 404 g/mol. The maximum atomic E-state index is 12.5. The van der Waals surface area contributed by atoms with E-state index in [0.717, 1.165) is 31.5 Å². The topological polar surface area (TPSA) is 73.2 Å². The Morgan fingerprint density at radius 1 is 1.22 bits per heavy atom. The molecule has 142 valence electrons. The normalized spacial score (nSPS) is 20.7. The van der Waals surface area contributed by atoms with Crippen molar-refractivity contribution < 1.29 is 9.59 Å². The lowest BCUT2D eigenvalue weighted by molar-refractivity contribution is -0.128. The Kier molecular flexibility index (Phi) is 6.81. The summed E-state index contributed by atoms with van der Waals surface area (Å²) in [6, 6.07) is 9.43. The number of halogens is 1. The van der Waals surface area contributed by atoms with Crippen LogP contribution in [0.25, 0.3) is 0 Å². The van der Waals surface area contributed by atoms with Gasteiger partial charge < -0.3 is 10.2 Å². The second-order valence-electron chi connectivity index (χ2n) is 6.79. The Morgan fingerprint density at radius 3 is 2.52 bits per heavy atom. The number of thioether (sulfide) groups is 1. The Hall–Kier alpha value is -1.97. The van der Waals surface area contributed by atoms with E-state index < -0.39 is 0 Å². The zero-order valence-electron chi connectivity index (χ0n) is 15.0. The summed E-state index contributed by atoms with van der Waals surface area (Å²) in [6.45, 7) is 1.59. The van der Waals surface area contributed by atoms with E-state index in [4.69, 9.17) is 11.6 Å². The number of rotatable bonds is 4. The van der Waals surface area contributed by atoms with E-state index in [9.17, 15) is 14.9 Å². The van der Waals surface area contributed by atoms with Gasteiger partial charge >= 0.3 is 0 Å². The quantitative estimate of drug-likeness (QED) is 0.829. The molecule has 0 saturated carbocycles. The highest BCUT2D eigenvalue weighted by molar-refractivity contribution is 8.03. The number of amides is 2. The van der Waals surface area contributed by atoms with Crippen LogP contribution in [-0.4, -0.2) is 35.6 Å². The second-order valence-corrected chi connectivity index (χ2v) is 8.22. The standard InChI is InChI=1S/C20H22ClN3O2S/c21-15-7-5-14(6-8-15)16-11-18(25)23-20(17(16)12-22)27-13-19(26)24-9-3-1-2-4-10-24/h5-8,16H,1-4,9-11,13H2,(H,23,25)/t16-/m1/s1. The van der Waals surface area contributed by atoms with Crippen molar-refractivity contribution in [2.75, 3.05) is 18.8 Å². The van der Waals surface area contributed by atoms with Gasteiger partial charge in [0.25, 0.3) is 0 Å². The van der Waals surface area contributed by atoms with Gasteiger partial charge in [0.15, 0.2) is 0 Å². The van der Waals surface area contributed by atoms with Crippen LogP contribution in [0.5, 0.6) is 0 Å². The number of nitrogens with one attached hydrogen (secondary N) is 1. The summed E-state index contributed by atoms with van der Waals surface area (Å²) < 4.78 is 0. The molecule has 0 aromatic heterocycles. The largest absolute Gasteiger partial charge is 0.342 e. The lowest BCUT2D eigenvalue weighted by Crippen LogP contribution is -2.35. The number of carbonyl (C=O) groups excluding carboxylic acids is 2. The van der Waals surface area contributed by atoms with Crippen LogP contribution < -0.4 is 5.32 Å². The number of nitrogens with zero attached hydrogens (tertiary/aromatic N) is 2. The van der Waals surface area contributed by atoms with Gasteiger partial charge in [0.1, 0.15) is 0 Å². The molecule has 27 heavy (non-hydrogen) atoms. The number of carbonyl (C=O) groups is 2. The van der Waals surface area contributed by atoms with Crippen LogP contribution in [0.2, 0.25) is 5.02 Å². The molecule has 0 unspecified atom stereocenters. The van der Waals surface area contributed by atoms with Crippen molar-refractivity contribution in [2.24, 2.45) is 0 Å². The van der Waals surface area contributed by atoms with E-state index in [-0.39, 0.29) is 29.9 Å². The third-order valence-corrected chi connectivity index (χ3v) is 6.18. The summed E-state index contributed by atoms with van der Waals surface area (Å²) in [7, 11) is 0. The van der Waals surface area contributed by atoms with E-state index >= 15 is 0 Å². The average Bonchev–Trinajstić information content (AvgIpc) is 2.96. The zero-order chi connectivity index (χ0) is 19.2. The molecular formula is C20H22ClN3O2S. The lowest BCUT2D eigenvalue weighted by atomic mass is 9.87. The molecular weight excluding hydrogens is 382 g/mol. The first kappa shape index (κ1) is 19.8. The first-order valence-corrected chi connectivity index (χ1v) is 10.5. The predicted octanol–water partition coefficient (Wildman–Crippen LogP) is 3.81. The summed E-state index contributed by atoms with van der Waals surface area (Å²) in [6.07, 6.45) is 4.63. The molecule has 2 heterocycles. The Bertz CT molecular complexity index is 777. The number of allylic oxidation sites excluding steroid dienone is 1. The Morgan fingerprint density at radius 2 is 1.89 bits per heavy atom. The van der Waals surface area contributed by atoms with Crippen molar-refractivity contribution in [1.82, 2.24) is 10.2 Å². The fourth-order valence-corrected chi connectivity index (χ4v) is 4.56. The molecule has 1 aromatic rings. The van der Waals surface area contributed by atoms with E-state index in [1.165, 1.54) is 24.6 Å². The molecule has 1 saturated heterocycles. The number of likely N-dealkylation sites (tertiary alicyclic amines) is 1. The Balaban J connectivity index is 1.75. The van der Waals surface area contributed by atoms with Gasteiger partial charge in [-0.1, -0.05) is 48.3 Å². The molecule has 2 aliphatic rings. The van der Waals surface area contributed by atoms with Crippen LogP contribution in [-0.2, 0) is 9.59 Å². The van der Waals surface area contributed by atoms with Crippen molar-refractivity contribution in [2.45, 2.75) is 38.0 Å². The van der Waals surface area contributed by atoms with E-state index in [0.29, 0.717) is 15.6 Å². The van der Waals surface area contributed by atoms with Gasteiger partial charge in [-0.15, -0.1) is 0 Å². The molecule has 1 fully saturated rings. The molecule has 0 radical (unpaired) electrons. The molecule has 0 bridgehead atoms. The van der Waals surface area contributed by atoms with Crippen LogP contribution in [0.3, 0.4) is 0 Å². The van der Waals surface area contributed by atoms with Gasteiger partial charge in [-0.25, -0.2) is 0 Å². The highest BCUT2D eigenvalue weighted by atomic mass is 35.5. The number of hydrogen-bond acceptors (Lipinski definition) is 4. The van der Waals surface area contributed by atoms with Crippen LogP contribution in [0.4, 0.5) is 0 Å². The number of nitriles is 1. The first-order chi connectivity index (χ1) is 13.1. The van der Waals surface area contributed by atoms with Gasteiger partial charge in [-0.3, -0.25) is 9.59 Å². The lowest BCUT2D eigenvalue weighted by Gasteiger charge is -2.26. The van der Waals surface area contributed by atoms with Crippen molar-refractivity contribution >= 4 is 35.2 Å². The summed E-state index contributed by atoms with van der Waals surface area (Å²) >= 11 is 7.20. The molecule has 1 atom stereocenters. The molecule has 0 spiro atoms. The summed E-state index contributed by atoms with van der Waals surface area (Å²) in [5.41, 5.74) is 1.38. The molecule has 5 nitrogen and oxygen atoms in total. The van der Waals surface area contributed by atoms with Crippen molar-refractivity contribution in [3.8, 4) is 6.07 Å². The van der Waals surface area contributed by atoms with Gasteiger partial charge in [-0.05, 0) is 30.5 Å². The first-order valence-electron chi connectivity index (χ1n) is 9.18. The molecule has 2 aliphatic heterocycles. The van der Waals surface area contributed by atoms with Crippen LogP contribution >= 0.6 is 23.4 Å². The van der Waals surface area contributed by atoms with Gasteiger partial charge in [0.2, 0.25) is 11.8 Å². The fraction of sp³-hybridized carbons (Fsp3) is 0.450. The SMILES string of the molecule is N#CC1=C(SCC(=O)N2CCCCCC2)NC(=O)C[C@@H]1c1ccc(Cl)cc1. The maximum Gasteiger partial charge on any atom is 0.232 e. The highest BCUT2D eigenvalue weighted by Gasteiger charge is 2.30. The van der Waals surface area contributed by atoms with Gasteiger partial charge in [0.05, 0.1) is 22.4 Å². The molecule has 2 amide bonds. The molecule has 7 heteroatoms. The summed E-state index contributed by atoms with van der Waals surface area (Å²) in [4.78, 5) is 26.6. The van der Waals surface area contributed by atoms with E-state index in [1.54, 1.807) is 12.1 Å². The highest BCUT2D eigenvalue weighted by Crippen LogP contribution is 2.36. The minimum Gasteiger partial charge on any atom is -0.342 e. The van der Waals surface area contributed by atoms with E-state index in [1.807, 2.05) is 17.0 Å². The maximum absolute atomic E-state index is 12.5. The minimum atomic E-state index is -0.309. The molecule has 1 N–H and O–H groups in total. The van der Waals surface area contributed by atoms with Crippen LogP contribution in [0, 0.1) is 11.3 Å². The van der Waals surface area contributed by atoms with Crippen molar-refractivity contribution in [1.29, 1.82) is 5.26 Å².